The highest BCUT2D eigenvalue weighted by Crippen LogP contribution is 2.17. The van der Waals surface area contributed by atoms with Gasteiger partial charge in [-0.2, -0.15) is 13.2 Å². The summed E-state index contributed by atoms with van der Waals surface area (Å²) in [6.45, 7) is 0.134. The van der Waals surface area contributed by atoms with Crippen molar-refractivity contribution in [3.8, 4) is 0 Å². The molecule has 1 heterocycles. The van der Waals surface area contributed by atoms with E-state index in [0.29, 0.717) is 0 Å². The fraction of sp³-hybridized carbons (Fsp3) is 1.00. The molecule has 0 aromatic rings. The lowest BCUT2D eigenvalue weighted by molar-refractivity contribution is -0.149. The van der Waals surface area contributed by atoms with Gasteiger partial charge in [0.25, 0.3) is 0 Å². The third kappa shape index (κ3) is 3.58. The van der Waals surface area contributed by atoms with Crippen LogP contribution < -0.4 is 0 Å². The molecule has 1 saturated heterocycles. The van der Waals surface area contributed by atoms with E-state index in [9.17, 15) is 18.1 Å². The van der Waals surface area contributed by atoms with Gasteiger partial charge in [0.15, 0.2) is 0 Å². The quantitative estimate of drug-likeness (QED) is 0.615. The molecule has 0 bridgehead atoms. The standard InChI is InChI=1S/C6H10F3N3O/c7-6(8,9)5-11-1-3-12(10-13)4-2-11/h1-5H2. The topological polar surface area (TPSA) is 35.9 Å². The lowest BCUT2D eigenvalue weighted by Gasteiger charge is -2.31. The van der Waals surface area contributed by atoms with Crippen LogP contribution in [0.3, 0.4) is 0 Å². The smallest absolute Gasteiger partial charge is 0.291 e. The first-order valence-corrected chi connectivity index (χ1v) is 3.88. The molecule has 0 saturated carbocycles. The van der Waals surface area contributed by atoms with E-state index in [4.69, 9.17) is 0 Å². The molecule has 13 heavy (non-hydrogen) atoms. The third-order valence-corrected chi connectivity index (χ3v) is 1.87. The number of halogens is 3. The van der Waals surface area contributed by atoms with Crippen molar-refractivity contribution < 1.29 is 13.2 Å². The van der Waals surface area contributed by atoms with Crippen molar-refractivity contribution in [2.75, 3.05) is 32.7 Å². The summed E-state index contributed by atoms with van der Waals surface area (Å²) in [4.78, 5) is 11.3. The van der Waals surface area contributed by atoms with E-state index in [1.54, 1.807) is 0 Å². The molecule has 7 heteroatoms. The Kier molecular flexibility index (Phi) is 3.07. The average Bonchev–Trinajstić information content (AvgIpc) is 2.03. The molecule has 0 radical (unpaired) electrons. The predicted molar refractivity (Wildman–Crippen MR) is 39.9 cm³/mol. The van der Waals surface area contributed by atoms with E-state index in [0.717, 1.165) is 0 Å². The van der Waals surface area contributed by atoms with Crippen molar-refractivity contribution in [3.63, 3.8) is 0 Å². The van der Waals surface area contributed by atoms with Crippen LogP contribution in [0.2, 0.25) is 0 Å². The number of hydrogen-bond donors (Lipinski definition) is 0. The Morgan fingerprint density at radius 1 is 1.15 bits per heavy atom. The van der Waals surface area contributed by atoms with Crippen LogP contribution in [-0.2, 0) is 0 Å². The highest BCUT2D eigenvalue weighted by Gasteiger charge is 2.32. The Hall–Kier alpha value is -0.850. The number of piperazine rings is 1. The van der Waals surface area contributed by atoms with Gasteiger partial charge in [0, 0.05) is 13.1 Å². The molecule has 0 spiro atoms. The maximum atomic E-state index is 11.9. The van der Waals surface area contributed by atoms with Crippen molar-refractivity contribution >= 4 is 0 Å². The van der Waals surface area contributed by atoms with Crippen molar-refractivity contribution in [3.05, 3.63) is 4.91 Å². The number of nitroso groups, excluding NO2 is 1. The van der Waals surface area contributed by atoms with Gasteiger partial charge in [-0.1, -0.05) is 0 Å². The van der Waals surface area contributed by atoms with Crippen LogP contribution in [0.4, 0.5) is 13.2 Å². The molecule has 0 amide bonds. The Morgan fingerprint density at radius 3 is 2.08 bits per heavy atom. The van der Waals surface area contributed by atoms with Crippen LogP contribution >= 0.6 is 0 Å². The third-order valence-electron chi connectivity index (χ3n) is 1.87. The summed E-state index contributed by atoms with van der Waals surface area (Å²) in [5, 5.41) is 3.88. The maximum Gasteiger partial charge on any atom is 0.401 e. The van der Waals surface area contributed by atoms with Crippen LogP contribution in [-0.4, -0.2) is 48.8 Å². The van der Waals surface area contributed by atoms with Gasteiger partial charge < -0.3 is 0 Å². The first kappa shape index (κ1) is 10.2. The average molecular weight is 197 g/mol. The summed E-state index contributed by atoms with van der Waals surface area (Å²) < 4.78 is 35.6. The molecule has 0 aromatic carbocycles. The van der Waals surface area contributed by atoms with Gasteiger partial charge in [-0.15, -0.1) is 4.91 Å². The molecule has 0 aliphatic carbocycles. The molecule has 0 atom stereocenters. The van der Waals surface area contributed by atoms with Gasteiger partial charge >= 0.3 is 6.18 Å². The SMILES string of the molecule is O=NN1CCN(CC(F)(F)F)CC1. The minimum absolute atomic E-state index is 0.241. The molecule has 0 unspecified atom stereocenters. The molecule has 1 aliphatic heterocycles. The van der Waals surface area contributed by atoms with Crippen molar-refractivity contribution in [1.82, 2.24) is 9.91 Å². The number of hydrogen-bond acceptors (Lipinski definition) is 3. The molecule has 1 rings (SSSR count). The fourth-order valence-corrected chi connectivity index (χ4v) is 1.23. The van der Waals surface area contributed by atoms with Gasteiger partial charge in [0.1, 0.15) is 0 Å². The Bertz CT molecular complexity index is 176. The van der Waals surface area contributed by atoms with E-state index in [1.165, 1.54) is 9.91 Å². The molecular formula is C6H10F3N3O. The van der Waals surface area contributed by atoms with Gasteiger partial charge in [0.05, 0.1) is 24.9 Å². The van der Waals surface area contributed by atoms with E-state index in [-0.39, 0.29) is 26.2 Å². The molecule has 0 aromatic heterocycles. The first-order chi connectivity index (χ1) is 6.01. The van der Waals surface area contributed by atoms with Crippen molar-refractivity contribution in [1.29, 1.82) is 0 Å². The van der Waals surface area contributed by atoms with E-state index in [1.807, 2.05) is 0 Å². The lowest BCUT2D eigenvalue weighted by Crippen LogP contribution is -2.47. The molecule has 1 fully saturated rings. The molecule has 76 valence electrons. The predicted octanol–water partition coefficient (Wildman–Crippen LogP) is 0.848. The number of alkyl halides is 3. The largest absolute Gasteiger partial charge is 0.401 e. The van der Waals surface area contributed by atoms with E-state index >= 15 is 0 Å². The van der Waals surface area contributed by atoms with Crippen LogP contribution in [0.1, 0.15) is 0 Å². The molecular weight excluding hydrogens is 187 g/mol. The first-order valence-electron chi connectivity index (χ1n) is 3.88. The van der Waals surface area contributed by atoms with E-state index in [2.05, 4.69) is 5.29 Å². The van der Waals surface area contributed by atoms with Crippen LogP contribution in [0.5, 0.6) is 0 Å². The second-order valence-electron chi connectivity index (χ2n) is 2.93. The van der Waals surface area contributed by atoms with Gasteiger partial charge in [0.2, 0.25) is 0 Å². The molecule has 0 N–H and O–H groups in total. The maximum absolute atomic E-state index is 11.9. The zero-order chi connectivity index (χ0) is 9.90. The zero-order valence-corrected chi connectivity index (χ0v) is 6.92. The monoisotopic (exact) mass is 197 g/mol. The van der Waals surface area contributed by atoms with Crippen molar-refractivity contribution in [2.24, 2.45) is 5.29 Å². The summed E-state index contributed by atoms with van der Waals surface area (Å²) >= 11 is 0. The number of nitrogens with zero attached hydrogens (tertiary/aromatic N) is 3. The van der Waals surface area contributed by atoms with E-state index < -0.39 is 12.7 Å². The zero-order valence-electron chi connectivity index (χ0n) is 6.92. The van der Waals surface area contributed by atoms with Crippen LogP contribution in [0.25, 0.3) is 0 Å². The molecule has 4 nitrogen and oxygen atoms in total. The van der Waals surface area contributed by atoms with Crippen LogP contribution in [0.15, 0.2) is 5.29 Å². The normalized spacial score (nSPS) is 20.4. The van der Waals surface area contributed by atoms with Gasteiger partial charge in [-0.25, -0.2) is 0 Å². The second kappa shape index (κ2) is 3.91. The summed E-state index contributed by atoms with van der Waals surface area (Å²) in [5.74, 6) is 0. The second-order valence-corrected chi connectivity index (χ2v) is 2.93. The number of rotatable bonds is 2. The van der Waals surface area contributed by atoms with Crippen molar-refractivity contribution in [2.45, 2.75) is 6.18 Å². The fourth-order valence-electron chi connectivity index (χ4n) is 1.23. The Balaban J connectivity index is 2.29. The highest BCUT2D eigenvalue weighted by atomic mass is 19.4. The lowest BCUT2D eigenvalue weighted by atomic mass is 10.3. The Morgan fingerprint density at radius 2 is 1.69 bits per heavy atom. The minimum Gasteiger partial charge on any atom is -0.291 e. The summed E-state index contributed by atoms with van der Waals surface area (Å²) in [6, 6.07) is 0. The minimum atomic E-state index is -4.16. The van der Waals surface area contributed by atoms with Gasteiger partial charge in [-0.05, 0) is 0 Å². The highest BCUT2D eigenvalue weighted by molar-refractivity contribution is 4.71. The van der Waals surface area contributed by atoms with Crippen LogP contribution in [0, 0.1) is 4.91 Å². The Labute approximate surface area is 73.2 Å². The molecule has 1 aliphatic rings. The summed E-state index contributed by atoms with van der Waals surface area (Å²) in [6.07, 6.45) is -4.16. The summed E-state index contributed by atoms with van der Waals surface area (Å²) in [5.41, 5.74) is 0. The van der Waals surface area contributed by atoms with Gasteiger partial charge in [-0.3, -0.25) is 9.91 Å². The summed E-state index contributed by atoms with van der Waals surface area (Å²) in [7, 11) is 0.